The number of halogens is 3. The molecule has 0 bridgehead atoms. The van der Waals surface area contributed by atoms with E-state index in [0.717, 1.165) is 42.5 Å². The summed E-state index contributed by atoms with van der Waals surface area (Å²) in [6.45, 7) is 5.21. The molecular weight excluding hydrogens is 447 g/mol. The molecule has 0 N–H and O–H groups in total. The van der Waals surface area contributed by atoms with E-state index in [1.807, 2.05) is 26.0 Å². The van der Waals surface area contributed by atoms with Gasteiger partial charge in [0, 0.05) is 19.3 Å². The zero-order valence-corrected chi connectivity index (χ0v) is 19.1. The van der Waals surface area contributed by atoms with Crippen LogP contribution in [0.15, 0.2) is 46.4 Å². The van der Waals surface area contributed by atoms with Gasteiger partial charge in [0.15, 0.2) is 15.9 Å². The first kappa shape index (κ1) is 24.3. The fourth-order valence-electron chi connectivity index (χ4n) is 3.60. The lowest BCUT2D eigenvalue weighted by Gasteiger charge is -2.22. The van der Waals surface area contributed by atoms with Gasteiger partial charge in [-0.2, -0.15) is 13.2 Å². The van der Waals surface area contributed by atoms with Gasteiger partial charge in [0.25, 0.3) is 5.91 Å². The first-order valence-corrected chi connectivity index (χ1v) is 12.1. The molecule has 6 nitrogen and oxygen atoms in total. The summed E-state index contributed by atoms with van der Waals surface area (Å²) in [6.07, 6.45) is -1.29. The molecule has 32 heavy (non-hydrogen) atoms. The zero-order valence-electron chi connectivity index (χ0n) is 18.3. The molecule has 1 heterocycles. The Labute approximate surface area is 185 Å². The summed E-state index contributed by atoms with van der Waals surface area (Å²) in [5.74, 6) is -0.913. The van der Waals surface area contributed by atoms with Crippen LogP contribution in [0.5, 0.6) is 5.75 Å². The minimum absolute atomic E-state index is 0.0417. The maximum absolute atomic E-state index is 13.3. The monoisotopic (exact) mass is 473 g/mol. The molecule has 3 rings (SSSR count). The van der Waals surface area contributed by atoms with Gasteiger partial charge in [0.2, 0.25) is 0 Å². The Kier molecular flexibility index (Phi) is 6.76. The highest BCUT2D eigenvalue weighted by molar-refractivity contribution is 7.90. The maximum Gasteiger partial charge on any atom is 0.425 e. The van der Waals surface area contributed by atoms with E-state index in [9.17, 15) is 26.4 Å². The van der Waals surface area contributed by atoms with Crippen molar-refractivity contribution in [1.82, 2.24) is 4.90 Å². The summed E-state index contributed by atoms with van der Waals surface area (Å²) in [5.41, 5.74) is 1.65. The van der Waals surface area contributed by atoms with Crippen LogP contribution in [0.3, 0.4) is 0 Å². The average molecular weight is 474 g/mol. The van der Waals surface area contributed by atoms with Crippen molar-refractivity contribution in [1.29, 1.82) is 0 Å². The number of carbonyl (C=O) groups is 1. The van der Waals surface area contributed by atoms with Gasteiger partial charge in [-0.05, 0) is 56.5 Å². The first-order chi connectivity index (χ1) is 14.8. The van der Waals surface area contributed by atoms with Crippen LogP contribution in [-0.2, 0) is 14.6 Å². The van der Waals surface area contributed by atoms with Crippen molar-refractivity contribution in [2.24, 2.45) is 0 Å². The Bertz CT molecular complexity index is 1060. The van der Waals surface area contributed by atoms with Gasteiger partial charge in [-0.3, -0.25) is 4.79 Å². The van der Waals surface area contributed by atoms with Crippen LogP contribution in [0.2, 0.25) is 0 Å². The molecule has 1 aliphatic heterocycles. The predicted molar refractivity (Wildman–Crippen MR) is 112 cm³/mol. The quantitative estimate of drug-likeness (QED) is 0.626. The topological polar surface area (TPSA) is 72.9 Å². The van der Waals surface area contributed by atoms with Crippen LogP contribution in [0.4, 0.5) is 13.2 Å². The highest BCUT2D eigenvalue weighted by atomic mass is 32.2. The van der Waals surface area contributed by atoms with Gasteiger partial charge in [-0.15, -0.1) is 0 Å². The van der Waals surface area contributed by atoms with Crippen molar-refractivity contribution in [2.45, 2.75) is 56.6 Å². The van der Waals surface area contributed by atoms with Crippen molar-refractivity contribution in [3.63, 3.8) is 0 Å². The Morgan fingerprint density at radius 3 is 2.41 bits per heavy atom. The molecule has 1 fully saturated rings. The van der Waals surface area contributed by atoms with Gasteiger partial charge >= 0.3 is 6.18 Å². The minimum Gasteiger partial charge on any atom is -0.480 e. The largest absolute Gasteiger partial charge is 0.480 e. The van der Waals surface area contributed by atoms with Crippen LogP contribution < -0.4 is 4.74 Å². The average Bonchev–Trinajstić information content (AvgIpc) is 3.09. The molecule has 176 valence electrons. The lowest BCUT2D eigenvalue weighted by Crippen LogP contribution is -2.33. The number of hydrogen-bond donors (Lipinski definition) is 0. The second-order valence-electron chi connectivity index (χ2n) is 8.27. The Morgan fingerprint density at radius 1 is 1.16 bits per heavy atom. The van der Waals surface area contributed by atoms with Crippen molar-refractivity contribution in [2.75, 3.05) is 19.3 Å². The van der Waals surface area contributed by atoms with Gasteiger partial charge in [0.05, 0.1) is 22.7 Å². The summed E-state index contributed by atoms with van der Waals surface area (Å²) in [4.78, 5) is 14.6. The molecule has 1 aliphatic carbocycles. The lowest BCUT2D eigenvalue weighted by atomic mass is 9.99. The number of fused-ring (bicyclic) bond motifs is 1. The highest BCUT2D eigenvalue weighted by Crippen LogP contribution is 2.33. The molecule has 2 atom stereocenters. The molecular formula is C22H26F3NO5S. The molecule has 0 saturated carbocycles. The van der Waals surface area contributed by atoms with Crippen molar-refractivity contribution in [3.8, 4) is 5.75 Å². The van der Waals surface area contributed by atoms with E-state index in [1.54, 1.807) is 0 Å². The molecule has 10 heteroatoms. The van der Waals surface area contributed by atoms with Crippen molar-refractivity contribution < 1.29 is 35.9 Å². The molecule has 1 saturated heterocycles. The number of amides is 1. The summed E-state index contributed by atoms with van der Waals surface area (Å²) >= 11 is 0. The summed E-state index contributed by atoms with van der Waals surface area (Å²) in [5, 5.41) is 0. The molecule has 0 aromatic heterocycles. The zero-order chi connectivity index (χ0) is 23.8. The molecule has 1 aromatic rings. The third-order valence-electron chi connectivity index (χ3n) is 5.23. The molecule has 0 spiro atoms. The van der Waals surface area contributed by atoms with Gasteiger partial charge in [0.1, 0.15) is 5.75 Å². The fraction of sp³-hybridized carbons (Fsp3) is 0.500. The van der Waals surface area contributed by atoms with Crippen LogP contribution in [-0.4, -0.2) is 63.1 Å². The number of likely N-dealkylation sites (tertiary alicyclic amines) is 1. The van der Waals surface area contributed by atoms with E-state index < -0.39 is 28.0 Å². The maximum atomic E-state index is 13.3. The van der Waals surface area contributed by atoms with Crippen molar-refractivity contribution >= 4 is 15.7 Å². The van der Waals surface area contributed by atoms with E-state index in [0.29, 0.717) is 6.42 Å². The van der Waals surface area contributed by atoms with E-state index in [-0.39, 0.29) is 41.5 Å². The summed E-state index contributed by atoms with van der Waals surface area (Å²) < 4.78 is 73.8. The Balaban J connectivity index is 1.91. The molecule has 1 amide bonds. The smallest absolute Gasteiger partial charge is 0.425 e. The predicted octanol–water partition coefficient (Wildman–Crippen LogP) is 3.93. The molecule has 0 radical (unpaired) electrons. The number of hydrogen-bond acceptors (Lipinski definition) is 5. The van der Waals surface area contributed by atoms with Gasteiger partial charge in [-0.1, -0.05) is 12.2 Å². The first-order valence-electron chi connectivity index (χ1n) is 10.2. The molecule has 1 aromatic carbocycles. The number of nitrogens with zero attached hydrogens (tertiary/aromatic N) is 1. The number of sulfone groups is 1. The normalized spacial score (nSPS) is 20.0. The lowest BCUT2D eigenvalue weighted by molar-refractivity contribution is -0.189. The van der Waals surface area contributed by atoms with Crippen molar-refractivity contribution in [3.05, 3.63) is 47.1 Å². The summed E-state index contributed by atoms with van der Waals surface area (Å²) in [7, 11) is -3.68. The van der Waals surface area contributed by atoms with E-state index in [2.05, 4.69) is 0 Å². The minimum atomic E-state index is -4.64. The molecule has 2 aliphatic rings. The van der Waals surface area contributed by atoms with Crippen LogP contribution in [0.1, 0.15) is 37.6 Å². The number of rotatable bonds is 6. The van der Waals surface area contributed by atoms with Crippen LogP contribution in [0, 0.1) is 0 Å². The number of alkyl halides is 3. The Hall–Kier alpha value is -2.33. The van der Waals surface area contributed by atoms with Gasteiger partial charge < -0.3 is 14.4 Å². The second kappa shape index (κ2) is 8.90. The van der Waals surface area contributed by atoms with E-state index in [4.69, 9.17) is 9.47 Å². The SMILES string of the molecule is CC(C)OC1C=C2CN(C(=O)c3cc(S(C)(=O)=O)ccc3O[C@@H](C)C(F)(F)F)CC2=CC1. The fourth-order valence-corrected chi connectivity index (χ4v) is 4.25. The summed E-state index contributed by atoms with van der Waals surface area (Å²) in [6, 6.07) is 3.30. The van der Waals surface area contributed by atoms with E-state index >= 15 is 0 Å². The van der Waals surface area contributed by atoms with E-state index in [1.165, 1.54) is 4.90 Å². The number of benzene rings is 1. The molecule has 1 unspecified atom stereocenters. The standard InChI is InChI=1S/C22H26F3NO5S/c1-13(2)30-17-6-5-15-11-26(12-16(15)9-17)21(27)19-10-18(32(4,28)29)7-8-20(19)31-14(3)22(23,24)25/h5,7-10,13-14,17H,6,11-12H2,1-4H3/t14-,17?/m0/s1. The third-order valence-corrected chi connectivity index (χ3v) is 6.34. The van der Waals surface area contributed by atoms with Crippen LogP contribution in [0.25, 0.3) is 0 Å². The number of ether oxygens (including phenoxy) is 2. The second-order valence-corrected chi connectivity index (χ2v) is 10.3. The van der Waals surface area contributed by atoms with Crippen LogP contribution >= 0.6 is 0 Å². The number of carbonyl (C=O) groups excluding carboxylic acids is 1. The Morgan fingerprint density at radius 2 is 1.81 bits per heavy atom. The van der Waals surface area contributed by atoms with Gasteiger partial charge in [-0.25, -0.2) is 8.42 Å². The highest BCUT2D eigenvalue weighted by Gasteiger charge is 2.39. The third kappa shape index (κ3) is 5.53.